The van der Waals surface area contributed by atoms with E-state index in [0.29, 0.717) is 18.3 Å². The molecular weight excluding hydrogens is 224 g/mol. The lowest BCUT2D eigenvalue weighted by molar-refractivity contribution is 0.0520. The average molecular weight is 240 g/mol. The normalized spacial score (nSPS) is 15.6. The van der Waals surface area contributed by atoms with Crippen LogP contribution < -0.4 is 4.90 Å². The number of carbonyl (C=O) groups excluding carboxylic acids is 1. The van der Waals surface area contributed by atoms with Crippen LogP contribution in [0.5, 0.6) is 0 Å². The van der Waals surface area contributed by atoms with E-state index in [-0.39, 0.29) is 5.97 Å². The van der Waals surface area contributed by atoms with Crippen LogP contribution in [0.25, 0.3) is 0 Å². The van der Waals surface area contributed by atoms with Crippen molar-refractivity contribution in [2.75, 3.05) is 18.6 Å². The van der Waals surface area contributed by atoms with Gasteiger partial charge >= 0.3 is 5.97 Å². The summed E-state index contributed by atoms with van der Waals surface area (Å²) in [6.45, 7) is 2.19. The molecule has 0 amide bonds. The van der Waals surface area contributed by atoms with Crippen molar-refractivity contribution in [2.24, 2.45) is 0 Å². The third-order valence-electron chi connectivity index (χ3n) is 2.90. The van der Waals surface area contributed by atoms with Crippen LogP contribution in [0.3, 0.4) is 0 Å². The predicted octanol–water partition coefficient (Wildman–Crippen LogP) is 2.31. The molecular formula is C11H16N2O2S. The first-order valence-corrected chi connectivity index (χ1v) is 6.45. The molecule has 0 saturated heterocycles. The molecule has 1 aliphatic rings. The highest BCUT2D eigenvalue weighted by Gasteiger charge is 2.24. The number of thiazole rings is 1. The summed E-state index contributed by atoms with van der Waals surface area (Å²) in [7, 11) is 2.04. The number of ether oxygens (including phenoxy) is 1. The summed E-state index contributed by atoms with van der Waals surface area (Å²) in [5.74, 6) is -0.327. The quantitative estimate of drug-likeness (QED) is 0.757. The van der Waals surface area contributed by atoms with Crippen molar-refractivity contribution in [2.45, 2.75) is 32.2 Å². The summed E-state index contributed by atoms with van der Waals surface area (Å²) in [4.78, 5) is 17.9. The molecule has 0 aliphatic heterocycles. The second kappa shape index (κ2) is 4.82. The van der Waals surface area contributed by atoms with Crippen molar-refractivity contribution in [3.05, 3.63) is 11.1 Å². The van der Waals surface area contributed by atoms with Gasteiger partial charge in [-0.15, -0.1) is 11.3 Å². The molecule has 1 aliphatic carbocycles. The molecule has 0 atom stereocenters. The molecule has 1 heterocycles. The molecule has 0 unspecified atom stereocenters. The molecule has 88 valence electrons. The molecule has 0 spiro atoms. The molecule has 5 heteroatoms. The monoisotopic (exact) mass is 240 g/mol. The molecule has 0 radical (unpaired) electrons. The Hall–Kier alpha value is -1.10. The van der Waals surface area contributed by atoms with Gasteiger partial charge in [-0.05, 0) is 26.2 Å². The minimum atomic E-state index is -0.327. The number of nitrogens with zero attached hydrogens (tertiary/aromatic N) is 2. The van der Waals surface area contributed by atoms with Crippen molar-refractivity contribution in [3.63, 3.8) is 0 Å². The molecule has 1 saturated carbocycles. The minimum Gasteiger partial charge on any atom is -0.461 e. The van der Waals surface area contributed by atoms with Gasteiger partial charge in [0.15, 0.2) is 10.8 Å². The van der Waals surface area contributed by atoms with E-state index < -0.39 is 0 Å². The van der Waals surface area contributed by atoms with E-state index in [1.807, 2.05) is 7.05 Å². The number of aromatic nitrogens is 1. The molecule has 1 aromatic rings. The Kier molecular flexibility index (Phi) is 3.43. The SMILES string of the molecule is CCOC(=O)c1csc(N(C)C2CCC2)n1. The van der Waals surface area contributed by atoms with Crippen LogP contribution in [0.15, 0.2) is 5.38 Å². The Labute approximate surface area is 99.2 Å². The van der Waals surface area contributed by atoms with Crippen LogP contribution >= 0.6 is 11.3 Å². The number of rotatable bonds is 4. The fourth-order valence-electron chi connectivity index (χ4n) is 1.66. The van der Waals surface area contributed by atoms with Crippen LogP contribution in [-0.2, 0) is 4.74 Å². The van der Waals surface area contributed by atoms with E-state index in [2.05, 4.69) is 9.88 Å². The smallest absolute Gasteiger partial charge is 0.357 e. The van der Waals surface area contributed by atoms with Crippen LogP contribution in [-0.4, -0.2) is 30.6 Å². The van der Waals surface area contributed by atoms with Gasteiger partial charge in [-0.25, -0.2) is 9.78 Å². The van der Waals surface area contributed by atoms with E-state index in [4.69, 9.17) is 4.74 Å². The van der Waals surface area contributed by atoms with E-state index in [1.54, 1.807) is 12.3 Å². The number of hydrogen-bond donors (Lipinski definition) is 0. The van der Waals surface area contributed by atoms with E-state index >= 15 is 0 Å². The maximum Gasteiger partial charge on any atom is 0.357 e. The summed E-state index contributed by atoms with van der Waals surface area (Å²) in [5, 5.41) is 2.68. The van der Waals surface area contributed by atoms with Gasteiger partial charge in [0.2, 0.25) is 0 Å². The highest BCUT2D eigenvalue weighted by atomic mass is 32.1. The van der Waals surface area contributed by atoms with Gasteiger partial charge in [-0.1, -0.05) is 0 Å². The number of carbonyl (C=O) groups is 1. The van der Waals surface area contributed by atoms with Crippen molar-refractivity contribution in [1.29, 1.82) is 0 Å². The Morgan fingerprint density at radius 2 is 2.44 bits per heavy atom. The van der Waals surface area contributed by atoms with E-state index in [0.717, 1.165) is 5.13 Å². The van der Waals surface area contributed by atoms with Crippen LogP contribution in [0.1, 0.15) is 36.7 Å². The highest BCUT2D eigenvalue weighted by Crippen LogP contribution is 2.30. The lowest BCUT2D eigenvalue weighted by Crippen LogP contribution is -2.37. The molecule has 16 heavy (non-hydrogen) atoms. The van der Waals surface area contributed by atoms with Crippen molar-refractivity contribution in [1.82, 2.24) is 4.98 Å². The zero-order valence-corrected chi connectivity index (χ0v) is 10.4. The van der Waals surface area contributed by atoms with Gasteiger partial charge < -0.3 is 9.64 Å². The van der Waals surface area contributed by atoms with Gasteiger partial charge in [0, 0.05) is 18.5 Å². The van der Waals surface area contributed by atoms with Gasteiger partial charge in [-0.2, -0.15) is 0 Å². The third-order valence-corrected chi connectivity index (χ3v) is 3.83. The maximum atomic E-state index is 11.4. The van der Waals surface area contributed by atoms with Gasteiger partial charge in [-0.3, -0.25) is 0 Å². The third kappa shape index (κ3) is 2.19. The number of hydrogen-bond acceptors (Lipinski definition) is 5. The lowest BCUT2D eigenvalue weighted by Gasteiger charge is -2.34. The minimum absolute atomic E-state index is 0.327. The average Bonchev–Trinajstić information content (AvgIpc) is 2.63. The van der Waals surface area contributed by atoms with Crippen molar-refractivity contribution >= 4 is 22.4 Å². The first-order valence-electron chi connectivity index (χ1n) is 5.58. The summed E-state index contributed by atoms with van der Waals surface area (Å²) in [5.41, 5.74) is 0.424. The van der Waals surface area contributed by atoms with E-state index in [9.17, 15) is 4.79 Å². The second-order valence-electron chi connectivity index (χ2n) is 3.93. The fraction of sp³-hybridized carbons (Fsp3) is 0.636. The Bertz CT molecular complexity index is 374. The maximum absolute atomic E-state index is 11.4. The van der Waals surface area contributed by atoms with Gasteiger partial charge in [0.05, 0.1) is 6.61 Å². The first-order chi connectivity index (χ1) is 7.72. The summed E-state index contributed by atoms with van der Waals surface area (Å²) >= 11 is 1.50. The molecule has 0 bridgehead atoms. The Morgan fingerprint density at radius 1 is 1.69 bits per heavy atom. The molecule has 1 fully saturated rings. The van der Waals surface area contributed by atoms with E-state index in [1.165, 1.54) is 30.6 Å². The highest BCUT2D eigenvalue weighted by molar-refractivity contribution is 7.13. The van der Waals surface area contributed by atoms with Gasteiger partial charge in [0.1, 0.15) is 0 Å². The molecule has 0 N–H and O–H groups in total. The zero-order chi connectivity index (χ0) is 11.5. The molecule has 1 aromatic heterocycles. The number of anilines is 1. The molecule has 2 rings (SSSR count). The van der Waals surface area contributed by atoms with Crippen LogP contribution in [0.2, 0.25) is 0 Å². The standard InChI is InChI=1S/C11H16N2O2S/c1-3-15-10(14)9-7-16-11(12-9)13(2)8-5-4-6-8/h7-8H,3-6H2,1-2H3. The van der Waals surface area contributed by atoms with Crippen LogP contribution in [0, 0.1) is 0 Å². The topological polar surface area (TPSA) is 42.4 Å². The Morgan fingerprint density at radius 3 is 3.00 bits per heavy atom. The Balaban J connectivity index is 2.03. The second-order valence-corrected chi connectivity index (χ2v) is 4.77. The van der Waals surface area contributed by atoms with Crippen molar-refractivity contribution in [3.8, 4) is 0 Å². The summed E-state index contributed by atoms with van der Waals surface area (Å²) in [6, 6.07) is 0.598. The first kappa shape index (κ1) is 11.4. The molecule has 4 nitrogen and oxygen atoms in total. The summed E-state index contributed by atoms with van der Waals surface area (Å²) < 4.78 is 4.91. The number of esters is 1. The predicted molar refractivity (Wildman–Crippen MR) is 64.1 cm³/mol. The van der Waals surface area contributed by atoms with Crippen molar-refractivity contribution < 1.29 is 9.53 Å². The van der Waals surface area contributed by atoms with Gasteiger partial charge in [0.25, 0.3) is 0 Å². The molecule has 0 aromatic carbocycles. The van der Waals surface area contributed by atoms with Crippen LogP contribution in [0.4, 0.5) is 5.13 Å². The fourth-order valence-corrected chi connectivity index (χ4v) is 2.49. The lowest BCUT2D eigenvalue weighted by atomic mass is 9.92. The zero-order valence-electron chi connectivity index (χ0n) is 9.60. The largest absolute Gasteiger partial charge is 0.461 e. The summed E-state index contributed by atoms with van der Waals surface area (Å²) in [6.07, 6.45) is 3.75.